The first-order valence-corrected chi connectivity index (χ1v) is 10.4. The van der Waals surface area contributed by atoms with Crippen LogP contribution in [0.2, 0.25) is 5.02 Å². The lowest BCUT2D eigenvalue weighted by atomic mass is 9.94. The van der Waals surface area contributed by atoms with Gasteiger partial charge in [0.05, 0.1) is 12.2 Å². The van der Waals surface area contributed by atoms with Gasteiger partial charge in [0.1, 0.15) is 11.9 Å². The van der Waals surface area contributed by atoms with E-state index >= 15 is 0 Å². The first kappa shape index (κ1) is 18.7. The zero-order chi connectivity index (χ0) is 20.5. The highest BCUT2D eigenvalue weighted by Crippen LogP contribution is 2.40. The van der Waals surface area contributed by atoms with Crippen LogP contribution >= 0.6 is 11.6 Å². The summed E-state index contributed by atoms with van der Waals surface area (Å²) in [5.41, 5.74) is 2.61. The summed E-state index contributed by atoms with van der Waals surface area (Å²) in [7, 11) is 0. The van der Waals surface area contributed by atoms with E-state index in [4.69, 9.17) is 16.3 Å². The summed E-state index contributed by atoms with van der Waals surface area (Å²) < 4.78 is 6.24. The smallest absolute Gasteiger partial charge is 0.258 e. The summed E-state index contributed by atoms with van der Waals surface area (Å²) in [5, 5.41) is 2.63. The number of rotatable bonds is 3. The molecule has 4 aromatic rings. The quantitative estimate of drug-likeness (QED) is 0.403. The third-order valence-electron chi connectivity index (χ3n) is 5.46. The third-order valence-corrected chi connectivity index (χ3v) is 5.77. The second-order valence-electron chi connectivity index (χ2n) is 7.45. The minimum Gasteiger partial charge on any atom is -0.488 e. The summed E-state index contributed by atoms with van der Waals surface area (Å²) in [5.74, 6) is 0.760. The standard InChI is InChI=1S/C26H20ClNO2/c27-24-16-19-15-21(30-20-11-5-2-6-12-20)17-28(26(29)18-9-3-1-4-10-18)25(19)23-14-8-7-13-22(23)24/h1-14,16,21H,15,17H2. The predicted octanol–water partition coefficient (Wildman–Crippen LogP) is 6.14. The second-order valence-corrected chi connectivity index (χ2v) is 7.86. The van der Waals surface area contributed by atoms with Crippen molar-refractivity contribution in [2.24, 2.45) is 0 Å². The SMILES string of the molecule is O=C(c1ccccc1)N1CC(Oc2ccccc2)Cc2cc(Cl)c3ccccc3c21. The van der Waals surface area contributed by atoms with E-state index in [0.717, 1.165) is 27.8 Å². The molecule has 0 aromatic heterocycles. The van der Waals surface area contributed by atoms with Gasteiger partial charge in [0, 0.05) is 27.8 Å². The van der Waals surface area contributed by atoms with E-state index in [9.17, 15) is 4.79 Å². The highest BCUT2D eigenvalue weighted by atomic mass is 35.5. The second kappa shape index (κ2) is 7.85. The number of carbonyl (C=O) groups is 1. The molecule has 1 aliphatic rings. The molecule has 5 rings (SSSR count). The molecule has 1 amide bonds. The summed E-state index contributed by atoms with van der Waals surface area (Å²) >= 11 is 6.60. The summed E-state index contributed by atoms with van der Waals surface area (Å²) in [6.45, 7) is 0.473. The van der Waals surface area contributed by atoms with Crippen LogP contribution < -0.4 is 9.64 Å². The Morgan fingerprint density at radius 1 is 0.867 bits per heavy atom. The van der Waals surface area contributed by atoms with Gasteiger partial charge in [0.2, 0.25) is 0 Å². The number of hydrogen-bond acceptors (Lipinski definition) is 2. The Labute approximate surface area is 180 Å². The molecule has 4 aromatic carbocycles. The number of nitrogens with zero attached hydrogens (tertiary/aromatic N) is 1. The van der Waals surface area contributed by atoms with Crippen LogP contribution in [-0.2, 0) is 6.42 Å². The predicted molar refractivity (Wildman–Crippen MR) is 122 cm³/mol. The number of halogens is 1. The van der Waals surface area contributed by atoms with Crippen LogP contribution in [0.4, 0.5) is 5.69 Å². The van der Waals surface area contributed by atoms with Crippen molar-refractivity contribution >= 4 is 34.0 Å². The van der Waals surface area contributed by atoms with Gasteiger partial charge >= 0.3 is 0 Å². The van der Waals surface area contributed by atoms with E-state index < -0.39 is 0 Å². The van der Waals surface area contributed by atoms with Crippen LogP contribution in [-0.4, -0.2) is 18.6 Å². The van der Waals surface area contributed by atoms with Crippen LogP contribution in [0, 0.1) is 0 Å². The van der Waals surface area contributed by atoms with Gasteiger partial charge in [-0.1, -0.05) is 72.3 Å². The molecule has 0 bridgehead atoms. The highest BCUT2D eigenvalue weighted by molar-refractivity contribution is 6.36. The molecule has 0 radical (unpaired) electrons. The van der Waals surface area contributed by atoms with E-state index in [0.29, 0.717) is 23.6 Å². The molecule has 0 N–H and O–H groups in total. The molecule has 0 aliphatic carbocycles. The van der Waals surface area contributed by atoms with Crippen molar-refractivity contribution in [1.29, 1.82) is 0 Å². The molecule has 4 heteroatoms. The number of hydrogen-bond donors (Lipinski definition) is 0. The van der Waals surface area contributed by atoms with E-state index in [1.165, 1.54) is 0 Å². The van der Waals surface area contributed by atoms with Gasteiger partial charge in [0.15, 0.2) is 0 Å². The molecule has 1 unspecified atom stereocenters. The molecule has 0 saturated heterocycles. The average Bonchev–Trinajstić information content (AvgIpc) is 2.79. The van der Waals surface area contributed by atoms with Crippen LogP contribution in [0.1, 0.15) is 15.9 Å². The lowest BCUT2D eigenvalue weighted by molar-refractivity contribution is 0.0964. The fourth-order valence-corrected chi connectivity index (χ4v) is 4.44. The molecule has 1 atom stereocenters. The Balaban J connectivity index is 1.62. The third kappa shape index (κ3) is 3.42. The van der Waals surface area contributed by atoms with Gasteiger partial charge in [-0.15, -0.1) is 0 Å². The van der Waals surface area contributed by atoms with E-state index in [1.807, 2.05) is 95.9 Å². The molecular weight excluding hydrogens is 394 g/mol. The number of fused-ring (bicyclic) bond motifs is 3. The van der Waals surface area contributed by atoms with Crippen LogP contribution in [0.25, 0.3) is 10.8 Å². The van der Waals surface area contributed by atoms with E-state index in [2.05, 4.69) is 0 Å². The monoisotopic (exact) mass is 413 g/mol. The molecule has 30 heavy (non-hydrogen) atoms. The molecule has 0 fully saturated rings. The molecule has 0 spiro atoms. The van der Waals surface area contributed by atoms with Gasteiger partial charge in [-0.25, -0.2) is 0 Å². The number of para-hydroxylation sites is 1. The maximum atomic E-state index is 13.5. The van der Waals surface area contributed by atoms with Crippen molar-refractivity contribution in [1.82, 2.24) is 0 Å². The van der Waals surface area contributed by atoms with Crippen LogP contribution in [0.3, 0.4) is 0 Å². The minimum atomic E-state index is -0.162. The van der Waals surface area contributed by atoms with Crippen molar-refractivity contribution in [3.05, 3.63) is 107 Å². The van der Waals surface area contributed by atoms with Crippen LogP contribution in [0.5, 0.6) is 5.75 Å². The Kier molecular flexibility index (Phi) is 4.89. The van der Waals surface area contributed by atoms with Gasteiger partial charge in [-0.05, 0) is 35.9 Å². The van der Waals surface area contributed by atoms with Crippen molar-refractivity contribution in [2.75, 3.05) is 11.4 Å². The summed E-state index contributed by atoms with van der Waals surface area (Å²) in [6, 6.07) is 29.1. The Hall–Kier alpha value is -3.30. The number of carbonyl (C=O) groups excluding carboxylic acids is 1. The summed E-state index contributed by atoms with van der Waals surface area (Å²) in [4.78, 5) is 15.4. The normalized spacial score (nSPS) is 15.6. The molecule has 148 valence electrons. The maximum Gasteiger partial charge on any atom is 0.258 e. The molecule has 1 heterocycles. The Morgan fingerprint density at radius 2 is 1.50 bits per heavy atom. The van der Waals surface area contributed by atoms with Gasteiger partial charge in [0.25, 0.3) is 5.91 Å². The summed E-state index contributed by atoms with van der Waals surface area (Å²) in [6.07, 6.45) is 0.526. The average molecular weight is 414 g/mol. The lowest BCUT2D eigenvalue weighted by Crippen LogP contribution is -2.45. The fourth-order valence-electron chi connectivity index (χ4n) is 4.14. The van der Waals surface area contributed by atoms with E-state index in [-0.39, 0.29) is 12.0 Å². The maximum absolute atomic E-state index is 13.5. The highest BCUT2D eigenvalue weighted by Gasteiger charge is 2.32. The van der Waals surface area contributed by atoms with Crippen LogP contribution in [0.15, 0.2) is 91.0 Å². The lowest BCUT2D eigenvalue weighted by Gasteiger charge is -2.36. The molecular formula is C26H20ClNO2. The van der Waals surface area contributed by atoms with Crippen molar-refractivity contribution in [2.45, 2.75) is 12.5 Å². The van der Waals surface area contributed by atoms with E-state index in [1.54, 1.807) is 0 Å². The number of amides is 1. The van der Waals surface area contributed by atoms with Gasteiger partial charge in [-0.3, -0.25) is 4.79 Å². The molecule has 3 nitrogen and oxygen atoms in total. The topological polar surface area (TPSA) is 29.5 Å². The van der Waals surface area contributed by atoms with Crippen molar-refractivity contribution in [3.63, 3.8) is 0 Å². The van der Waals surface area contributed by atoms with Crippen molar-refractivity contribution in [3.8, 4) is 5.75 Å². The van der Waals surface area contributed by atoms with Crippen molar-refractivity contribution < 1.29 is 9.53 Å². The largest absolute Gasteiger partial charge is 0.488 e. The Bertz CT molecular complexity index is 1210. The molecule has 0 saturated carbocycles. The Morgan fingerprint density at radius 3 is 2.23 bits per heavy atom. The zero-order valence-electron chi connectivity index (χ0n) is 16.3. The zero-order valence-corrected chi connectivity index (χ0v) is 17.0. The number of benzene rings is 4. The van der Waals surface area contributed by atoms with Gasteiger partial charge in [-0.2, -0.15) is 0 Å². The number of ether oxygens (including phenoxy) is 1. The minimum absolute atomic E-state index is 0.0364. The fraction of sp³-hybridized carbons (Fsp3) is 0.115. The number of anilines is 1. The van der Waals surface area contributed by atoms with Gasteiger partial charge < -0.3 is 9.64 Å². The first-order valence-electron chi connectivity index (χ1n) is 9.99. The molecule has 1 aliphatic heterocycles. The first-order chi connectivity index (χ1) is 14.7.